The van der Waals surface area contributed by atoms with Crippen LogP contribution in [0.4, 0.5) is 0 Å². The molecule has 3 aliphatic heterocycles. The quantitative estimate of drug-likeness (QED) is 0.0199. The number of carbonyl (C=O) groups is 1. The van der Waals surface area contributed by atoms with Gasteiger partial charge in [0.1, 0.15) is 73.2 Å². The highest BCUT2D eigenvalue weighted by atomic mass is 16.8. The van der Waals surface area contributed by atoms with Gasteiger partial charge in [-0.1, -0.05) is 329 Å². The van der Waals surface area contributed by atoms with Crippen LogP contribution in [-0.4, -0.2) is 193 Å². The van der Waals surface area contributed by atoms with Crippen LogP contribution in [0.2, 0.25) is 0 Å². The smallest absolute Gasteiger partial charge is 0.220 e. The van der Waals surface area contributed by atoms with Crippen LogP contribution in [0.25, 0.3) is 0 Å². The first kappa shape index (κ1) is 97.6. The third-order valence-corrected chi connectivity index (χ3v) is 20.6. The first-order valence-corrected chi connectivity index (χ1v) is 42.6. The summed E-state index contributed by atoms with van der Waals surface area (Å²) in [7, 11) is 0. The number of unbranched alkanes of at least 4 members (excludes halogenated alkanes) is 35. The standard InChI is InChI=1S/C88H153NO18/c1-3-5-7-9-11-13-15-17-19-21-23-25-27-29-31-33-34-35-36-38-40-42-44-46-48-50-52-54-56-58-60-62-64-66-76(94)89-71(72(93)65-63-61-59-57-55-53-51-49-47-45-43-41-39-37-32-30-28-26-24-22-20-18-16-14-12-10-8-6-4-2)70-102-86-82(100)79(97)84(74(68-91)104-86)107-88-83(101)80(98)85(75(69-92)105-88)106-87-81(99)78(96)77(95)73(67-90)103-87/h5,7,11,13,17,19,23,25,29,31,34-35,38,40,44,46,63,65,71-75,77-88,90-93,95-101H,3-4,6,8-10,12,14-16,18,20-22,24,26-28,30,32-33,36-37,39,41-43,45,47-62,64,66-70H2,1-2H3,(H,89,94)/b7-5-,13-11-,19-17-,25-23-,31-29-,35-34-,40-38-,46-44-,65-63+. The molecule has 0 saturated carbocycles. The normalized spacial score (nSPS) is 26.1. The van der Waals surface area contributed by atoms with Gasteiger partial charge in [0, 0.05) is 6.42 Å². The summed E-state index contributed by atoms with van der Waals surface area (Å²) in [6.45, 7) is 1.64. The molecule has 19 nitrogen and oxygen atoms in total. The van der Waals surface area contributed by atoms with Gasteiger partial charge in [0.15, 0.2) is 18.9 Å². The second kappa shape index (κ2) is 67.0. The number of allylic oxidation sites excluding steroid dienone is 17. The van der Waals surface area contributed by atoms with Crippen LogP contribution in [-0.2, 0) is 33.2 Å². The Hall–Kier alpha value is -3.55. The van der Waals surface area contributed by atoms with Crippen molar-refractivity contribution in [3.8, 4) is 0 Å². The fraction of sp³-hybridized carbons (Fsp3) is 0.784. The molecule has 3 rings (SSSR count). The lowest BCUT2D eigenvalue weighted by Crippen LogP contribution is -2.66. The van der Waals surface area contributed by atoms with Crippen LogP contribution in [0, 0.1) is 0 Å². The topological polar surface area (TPSA) is 307 Å². The summed E-state index contributed by atoms with van der Waals surface area (Å²) in [5.74, 6) is -0.285. The zero-order valence-corrected chi connectivity index (χ0v) is 66.3. The Kier molecular flexibility index (Phi) is 61.1. The predicted molar refractivity (Wildman–Crippen MR) is 429 cm³/mol. The molecule has 19 heteroatoms. The molecule has 1 amide bonds. The summed E-state index contributed by atoms with van der Waals surface area (Å²) in [5, 5.41) is 121. The SMILES string of the molecule is CC/C=C\C/C=C\C/C=C\C/C=C\C/C=C\C/C=C\C/C=C\C/C=C\CCCCCCCCCCC(=O)NC(COC1OC(CO)C(OC2OC(CO)C(OC3OC(CO)C(O)C(O)C3O)C(O)C2O)C(O)C1O)C(O)/C=C/CCCCCCCCCCCCCCCCCCCCCCCCCCCCC. The van der Waals surface area contributed by atoms with E-state index in [1.54, 1.807) is 6.08 Å². The number of nitrogens with one attached hydrogen (secondary N) is 1. The van der Waals surface area contributed by atoms with Gasteiger partial charge in [0.25, 0.3) is 0 Å². The molecule has 107 heavy (non-hydrogen) atoms. The highest BCUT2D eigenvalue weighted by Crippen LogP contribution is 2.33. The Balaban J connectivity index is 1.37. The van der Waals surface area contributed by atoms with Gasteiger partial charge >= 0.3 is 0 Å². The second-order valence-corrected chi connectivity index (χ2v) is 29.9. The molecule has 0 aliphatic carbocycles. The number of rotatable bonds is 67. The van der Waals surface area contributed by atoms with Crippen molar-refractivity contribution >= 4 is 5.91 Å². The average Bonchev–Trinajstić information content (AvgIpc) is 0.782. The van der Waals surface area contributed by atoms with E-state index in [0.29, 0.717) is 6.42 Å². The highest BCUT2D eigenvalue weighted by Gasteiger charge is 2.54. The van der Waals surface area contributed by atoms with Gasteiger partial charge in [-0.2, -0.15) is 0 Å². The van der Waals surface area contributed by atoms with E-state index in [0.717, 1.165) is 116 Å². The number of hydrogen-bond acceptors (Lipinski definition) is 18. The maximum absolute atomic E-state index is 13.5. The molecule has 3 fully saturated rings. The van der Waals surface area contributed by atoms with E-state index in [-0.39, 0.29) is 18.9 Å². The first-order valence-electron chi connectivity index (χ1n) is 42.6. The van der Waals surface area contributed by atoms with Crippen molar-refractivity contribution in [3.05, 3.63) is 109 Å². The fourth-order valence-corrected chi connectivity index (χ4v) is 13.8. The van der Waals surface area contributed by atoms with E-state index in [4.69, 9.17) is 28.4 Å². The molecule has 0 bridgehead atoms. The van der Waals surface area contributed by atoms with Gasteiger partial charge in [0.2, 0.25) is 5.91 Å². The molecule has 3 heterocycles. The van der Waals surface area contributed by atoms with Crippen molar-refractivity contribution in [1.29, 1.82) is 0 Å². The lowest BCUT2D eigenvalue weighted by Gasteiger charge is -2.48. The van der Waals surface area contributed by atoms with Gasteiger partial charge in [0.05, 0.1) is 38.6 Å². The lowest BCUT2D eigenvalue weighted by molar-refractivity contribution is -0.379. The van der Waals surface area contributed by atoms with Crippen molar-refractivity contribution < 1.29 is 89.4 Å². The number of carbonyl (C=O) groups excluding carboxylic acids is 1. The van der Waals surface area contributed by atoms with E-state index in [9.17, 15) is 61.0 Å². The first-order chi connectivity index (χ1) is 52.3. The summed E-state index contributed by atoms with van der Waals surface area (Å²) < 4.78 is 34.5. The highest BCUT2D eigenvalue weighted by molar-refractivity contribution is 5.76. The van der Waals surface area contributed by atoms with E-state index < -0.39 is 124 Å². The molecule has 618 valence electrons. The second-order valence-electron chi connectivity index (χ2n) is 29.9. The van der Waals surface area contributed by atoms with Crippen LogP contribution in [0.1, 0.15) is 309 Å². The van der Waals surface area contributed by atoms with Crippen LogP contribution in [0.3, 0.4) is 0 Å². The molecular weight excluding hydrogens is 1360 g/mol. The molecule has 0 aromatic heterocycles. The van der Waals surface area contributed by atoms with Crippen molar-refractivity contribution in [1.82, 2.24) is 5.32 Å². The number of ether oxygens (including phenoxy) is 6. The summed E-state index contributed by atoms with van der Waals surface area (Å²) in [5.41, 5.74) is 0. The van der Waals surface area contributed by atoms with Crippen LogP contribution in [0.5, 0.6) is 0 Å². The molecule has 0 aromatic carbocycles. The largest absolute Gasteiger partial charge is 0.394 e. The number of amides is 1. The lowest BCUT2D eigenvalue weighted by atomic mass is 9.96. The van der Waals surface area contributed by atoms with Gasteiger partial charge in [-0.15, -0.1) is 0 Å². The minimum Gasteiger partial charge on any atom is -0.394 e. The minimum atomic E-state index is -1.99. The maximum atomic E-state index is 13.5. The molecule has 3 aliphatic rings. The summed E-state index contributed by atoms with van der Waals surface area (Å²) in [6.07, 6.45) is 66.4. The van der Waals surface area contributed by atoms with Crippen molar-refractivity contribution in [3.63, 3.8) is 0 Å². The van der Waals surface area contributed by atoms with E-state index in [2.05, 4.69) is 116 Å². The van der Waals surface area contributed by atoms with E-state index in [1.807, 2.05) is 6.08 Å². The average molecular weight is 1510 g/mol. The van der Waals surface area contributed by atoms with Crippen LogP contribution in [0.15, 0.2) is 109 Å². The zero-order chi connectivity index (χ0) is 77.4. The number of hydrogen-bond donors (Lipinski definition) is 12. The third-order valence-electron chi connectivity index (χ3n) is 20.6. The molecule has 0 spiro atoms. The maximum Gasteiger partial charge on any atom is 0.220 e. The Morgan fingerprint density at radius 2 is 0.645 bits per heavy atom. The van der Waals surface area contributed by atoms with Crippen molar-refractivity contribution in [2.45, 2.75) is 413 Å². The number of aliphatic hydroxyl groups is 11. The predicted octanol–water partition coefficient (Wildman–Crippen LogP) is 15.3. The Bertz CT molecular complexity index is 2360. The van der Waals surface area contributed by atoms with Crippen LogP contribution >= 0.6 is 0 Å². The van der Waals surface area contributed by atoms with E-state index >= 15 is 0 Å². The summed E-state index contributed by atoms with van der Waals surface area (Å²) >= 11 is 0. The monoisotopic (exact) mass is 1510 g/mol. The molecule has 17 atom stereocenters. The molecular formula is C88H153NO18. The molecule has 17 unspecified atom stereocenters. The summed E-state index contributed by atoms with van der Waals surface area (Å²) in [4.78, 5) is 13.5. The van der Waals surface area contributed by atoms with Gasteiger partial charge in [-0.25, -0.2) is 0 Å². The van der Waals surface area contributed by atoms with Gasteiger partial charge in [-0.05, 0) is 83.5 Å². The zero-order valence-electron chi connectivity index (χ0n) is 66.3. The molecule has 0 radical (unpaired) electrons. The fourth-order valence-electron chi connectivity index (χ4n) is 13.8. The Morgan fingerprint density at radius 1 is 0.346 bits per heavy atom. The van der Waals surface area contributed by atoms with Crippen molar-refractivity contribution in [2.24, 2.45) is 0 Å². The van der Waals surface area contributed by atoms with E-state index in [1.165, 1.54) is 167 Å². The Morgan fingerprint density at radius 3 is 1.01 bits per heavy atom. The molecule has 0 aromatic rings. The van der Waals surface area contributed by atoms with Crippen molar-refractivity contribution in [2.75, 3.05) is 26.4 Å². The third kappa shape index (κ3) is 46.3. The molecule has 12 N–H and O–H groups in total. The Labute approximate surface area is 646 Å². The van der Waals surface area contributed by atoms with Gasteiger partial charge < -0.3 is 89.9 Å². The number of aliphatic hydroxyl groups excluding tert-OH is 11. The van der Waals surface area contributed by atoms with Crippen LogP contribution < -0.4 is 5.32 Å². The molecule has 3 saturated heterocycles. The summed E-state index contributed by atoms with van der Waals surface area (Å²) in [6, 6.07) is -0.988. The minimum absolute atomic E-state index is 0.227. The van der Waals surface area contributed by atoms with Gasteiger partial charge in [-0.3, -0.25) is 4.79 Å².